The van der Waals surface area contributed by atoms with Gasteiger partial charge in [0.15, 0.2) is 6.07 Å². The van der Waals surface area contributed by atoms with E-state index in [2.05, 4.69) is 10.1 Å². The molecule has 8 heteroatoms. The fourth-order valence-corrected chi connectivity index (χ4v) is 2.46. The van der Waals surface area contributed by atoms with Crippen molar-refractivity contribution in [2.45, 2.75) is 26.5 Å². The topological polar surface area (TPSA) is 90.9 Å². The van der Waals surface area contributed by atoms with Gasteiger partial charge in [0.25, 0.3) is 0 Å². The molecule has 0 heterocycles. The highest BCUT2D eigenvalue weighted by Crippen LogP contribution is 2.15. The molecule has 0 aliphatic carbocycles. The number of alkyl halides is 1. The molecule has 0 aliphatic heterocycles. The summed E-state index contributed by atoms with van der Waals surface area (Å²) in [6.45, 7) is 3.63. The number of halogens is 1. The first-order valence-corrected chi connectivity index (χ1v) is 9.46. The zero-order chi connectivity index (χ0) is 21.2. The van der Waals surface area contributed by atoms with Gasteiger partial charge in [-0.1, -0.05) is 55.8 Å². The van der Waals surface area contributed by atoms with Gasteiger partial charge in [-0.3, -0.25) is 0 Å². The number of hydrogen-bond donors (Lipinski definition) is 1. The van der Waals surface area contributed by atoms with Crippen molar-refractivity contribution in [3.63, 3.8) is 0 Å². The number of alkyl carbamates (subject to hydrolysis) is 1. The van der Waals surface area contributed by atoms with Crippen molar-refractivity contribution in [1.29, 1.82) is 0 Å². The van der Waals surface area contributed by atoms with E-state index in [1.54, 1.807) is 13.8 Å². The number of carbonyl (C=O) groups excluding carboxylic acids is 3. The van der Waals surface area contributed by atoms with Crippen molar-refractivity contribution in [2.75, 3.05) is 6.07 Å². The second kappa shape index (κ2) is 11.1. The van der Waals surface area contributed by atoms with Gasteiger partial charge in [-0.2, -0.15) is 0 Å². The molecule has 0 radical (unpaired) electrons. The third-order valence-corrected chi connectivity index (χ3v) is 4.01. The number of carbonyl (C=O) groups is 3. The fourth-order valence-electron chi connectivity index (χ4n) is 2.36. The van der Waals surface area contributed by atoms with E-state index in [-0.39, 0.29) is 29.9 Å². The van der Waals surface area contributed by atoms with E-state index in [0.717, 1.165) is 5.56 Å². The van der Waals surface area contributed by atoms with Crippen LogP contribution in [0.3, 0.4) is 0 Å². The molecule has 2 aromatic carbocycles. The van der Waals surface area contributed by atoms with Gasteiger partial charge < -0.3 is 19.5 Å². The highest BCUT2D eigenvalue weighted by Gasteiger charge is 2.27. The number of nitrogens with one attached hydrogen (secondary N) is 1. The average Bonchev–Trinajstić information content (AvgIpc) is 2.71. The number of ether oxygens (including phenoxy) is 3. The van der Waals surface area contributed by atoms with Crippen molar-refractivity contribution < 1.29 is 28.6 Å². The van der Waals surface area contributed by atoms with Crippen LogP contribution < -0.4 is 10.1 Å². The molecule has 0 unspecified atom stereocenters. The van der Waals surface area contributed by atoms with Crippen molar-refractivity contribution in [1.82, 2.24) is 5.32 Å². The quantitative estimate of drug-likeness (QED) is 0.396. The molecule has 2 aromatic rings. The molecular formula is C21H22ClNO6. The Bertz CT molecular complexity index is 823. The van der Waals surface area contributed by atoms with Crippen LogP contribution in [0.15, 0.2) is 54.6 Å². The molecule has 29 heavy (non-hydrogen) atoms. The SMILES string of the molecule is CC(C)[C@H](NC(=O)OCc1ccccc1)C(=O)Oc1ccc(C(=O)OCCl)cc1. The van der Waals surface area contributed by atoms with Gasteiger partial charge >= 0.3 is 18.0 Å². The van der Waals surface area contributed by atoms with Crippen LogP contribution in [0.5, 0.6) is 5.75 Å². The Morgan fingerprint density at radius 2 is 1.62 bits per heavy atom. The molecule has 0 saturated heterocycles. The van der Waals surface area contributed by atoms with Crippen molar-refractivity contribution in [3.05, 3.63) is 65.7 Å². The van der Waals surface area contributed by atoms with Crippen molar-refractivity contribution >= 4 is 29.6 Å². The number of rotatable bonds is 8. The predicted octanol–water partition coefficient (Wildman–Crippen LogP) is 3.90. The van der Waals surface area contributed by atoms with E-state index in [1.165, 1.54) is 24.3 Å². The molecule has 0 spiro atoms. The van der Waals surface area contributed by atoms with Crippen LogP contribution in [0.4, 0.5) is 4.79 Å². The van der Waals surface area contributed by atoms with E-state index < -0.39 is 24.1 Å². The molecule has 1 N–H and O–H groups in total. The standard InChI is InChI=1S/C21H22ClNO6/c1-14(2)18(23-21(26)27-12-15-6-4-3-5-7-15)20(25)29-17-10-8-16(9-11-17)19(24)28-13-22/h3-11,14,18H,12-13H2,1-2H3,(H,23,26)/t18-/m0/s1. The minimum atomic E-state index is -0.904. The summed E-state index contributed by atoms with van der Waals surface area (Å²) in [5.74, 6) is -1.24. The van der Waals surface area contributed by atoms with Crippen LogP contribution in [-0.2, 0) is 20.9 Å². The third-order valence-electron chi connectivity index (χ3n) is 3.90. The Labute approximate surface area is 173 Å². The summed E-state index contributed by atoms with van der Waals surface area (Å²) in [5.41, 5.74) is 1.10. The molecule has 1 amide bonds. The normalized spacial score (nSPS) is 11.4. The summed E-state index contributed by atoms with van der Waals surface area (Å²) in [5, 5.41) is 2.53. The molecule has 0 fully saturated rings. The van der Waals surface area contributed by atoms with Gasteiger partial charge in [0.2, 0.25) is 0 Å². The molecule has 7 nitrogen and oxygen atoms in total. The lowest BCUT2D eigenvalue weighted by molar-refractivity contribution is -0.137. The highest BCUT2D eigenvalue weighted by molar-refractivity contribution is 6.17. The maximum absolute atomic E-state index is 12.5. The zero-order valence-electron chi connectivity index (χ0n) is 16.1. The molecule has 0 aromatic heterocycles. The minimum absolute atomic E-state index is 0.0897. The van der Waals surface area contributed by atoms with Crippen molar-refractivity contribution in [2.24, 2.45) is 5.92 Å². The maximum Gasteiger partial charge on any atom is 0.408 e. The molecule has 1 atom stereocenters. The molecule has 0 saturated carbocycles. The fraction of sp³-hybridized carbons (Fsp3) is 0.286. The van der Waals surface area contributed by atoms with E-state index in [4.69, 9.17) is 21.1 Å². The van der Waals surface area contributed by atoms with Crippen LogP contribution in [0, 0.1) is 5.92 Å². The smallest absolute Gasteiger partial charge is 0.408 e. The summed E-state index contributed by atoms with van der Waals surface area (Å²) in [6, 6.07) is 13.8. The van der Waals surface area contributed by atoms with Crippen LogP contribution in [0.2, 0.25) is 0 Å². The van der Waals surface area contributed by atoms with Crippen LogP contribution in [0.25, 0.3) is 0 Å². The average molecular weight is 420 g/mol. The van der Waals surface area contributed by atoms with E-state index in [9.17, 15) is 14.4 Å². The van der Waals surface area contributed by atoms with E-state index in [1.807, 2.05) is 30.3 Å². The predicted molar refractivity (Wildman–Crippen MR) is 107 cm³/mol. The van der Waals surface area contributed by atoms with E-state index in [0.29, 0.717) is 0 Å². The summed E-state index contributed by atoms with van der Waals surface area (Å²) in [6.07, 6.45) is -0.719. The maximum atomic E-state index is 12.5. The number of esters is 2. The van der Waals surface area contributed by atoms with Gasteiger partial charge in [0, 0.05) is 0 Å². The molecule has 0 bridgehead atoms. The first-order chi connectivity index (χ1) is 13.9. The second-order valence-electron chi connectivity index (χ2n) is 6.41. The third kappa shape index (κ3) is 7.12. The lowest BCUT2D eigenvalue weighted by atomic mass is 10.1. The summed E-state index contributed by atoms with van der Waals surface area (Å²) >= 11 is 5.35. The Morgan fingerprint density at radius 1 is 0.966 bits per heavy atom. The summed E-state index contributed by atoms with van der Waals surface area (Å²) in [4.78, 5) is 36.1. The monoisotopic (exact) mass is 419 g/mol. The van der Waals surface area contributed by atoms with Crippen molar-refractivity contribution in [3.8, 4) is 5.75 Å². The number of benzene rings is 2. The highest BCUT2D eigenvalue weighted by atomic mass is 35.5. The minimum Gasteiger partial charge on any atom is -0.446 e. The molecule has 0 aliphatic rings. The van der Waals surface area contributed by atoms with Crippen LogP contribution in [-0.4, -0.2) is 30.1 Å². The second-order valence-corrected chi connectivity index (χ2v) is 6.63. The number of hydrogen-bond acceptors (Lipinski definition) is 6. The van der Waals surface area contributed by atoms with Gasteiger partial charge in [0.1, 0.15) is 18.4 Å². The van der Waals surface area contributed by atoms with Gasteiger partial charge in [-0.25, -0.2) is 14.4 Å². The number of amides is 1. The first-order valence-electron chi connectivity index (χ1n) is 8.92. The zero-order valence-corrected chi connectivity index (χ0v) is 16.8. The summed E-state index contributed by atoms with van der Waals surface area (Å²) in [7, 11) is 0. The largest absolute Gasteiger partial charge is 0.446 e. The van der Waals surface area contributed by atoms with Gasteiger partial charge in [-0.05, 0) is 35.7 Å². The van der Waals surface area contributed by atoms with Gasteiger partial charge in [0.05, 0.1) is 5.56 Å². The van der Waals surface area contributed by atoms with Crippen LogP contribution in [0.1, 0.15) is 29.8 Å². The molecular weight excluding hydrogens is 398 g/mol. The Hall–Kier alpha value is -3.06. The Morgan fingerprint density at radius 3 is 2.21 bits per heavy atom. The van der Waals surface area contributed by atoms with Crippen LogP contribution >= 0.6 is 11.6 Å². The Kier molecular flexibility index (Phi) is 8.48. The lowest BCUT2D eigenvalue weighted by Gasteiger charge is -2.20. The Balaban J connectivity index is 1.93. The lowest BCUT2D eigenvalue weighted by Crippen LogP contribution is -2.46. The molecule has 2 rings (SSSR count). The first kappa shape index (κ1) is 22.2. The summed E-state index contributed by atoms with van der Waals surface area (Å²) < 4.78 is 15.1. The van der Waals surface area contributed by atoms with Gasteiger partial charge in [-0.15, -0.1) is 0 Å². The van der Waals surface area contributed by atoms with E-state index >= 15 is 0 Å². The molecule has 154 valence electrons.